The van der Waals surface area contributed by atoms with E-state index in [1.165, 1.54) is 0 Å². The Balaban J connectivity index is 3.43. The summed E-state index contributed by atoms with van der Waals surface area (Å²) in [7, 11) is 0. The van der Waals surface area contributed by atoms with Crippen LogP contribution in [0.15, 0.2) is 16.6 Å². The molecule has 0 unspecified atom stereocenters. The van der Waals surface area contributed by atoms with E-state index in [0.717, 1.165) is 6.07 Å². The number of hydrogen-bond acceptors (Lipinski definition) is 1. The lowest BCUT2D eigenvalue weighted by Crippen LogP contribution is -2.07. The van der Waals surface area contributed by atoms with Crippen molar-refractivity contribution < 1.29 is 18.0 Å². The average Bonchev–Trinajstić information content (AvgIpc) is 2.06. The van der Waals surface area contributed by atoms with Gasteiger partial charge in [0, 0.05) is 4.47 Å². The lowest BCUT2D eigenvalue weighted by atomic mass is 10.1. The number of carbonyl (C=O) groups is 1. The van der Waals surface area contributed by atoms with Crippen molar-refractivity contribution in [2.24, 2.45) is 0 Å². The smallest absolute Gasteiger partial charge is 0.276 e. The van der Waals surface area contributed by atoms with Crippen molar-refractivity contribution >= 4 is 44.4 Å². The zero-order chi connectivity index (χ0) is 11.8. The Morgan fingerprint density at radius 2 is 1.87 bits per heavy atom. The molecule has 0 N–H and O–H groups in total. The number of hydrogen-bond donors (Lipinski definition) is 0. The second-order valence-electron chi connectivity index (χ2n) is 2.59. The first-order chi connectivity index (χ1) is 6.73. The lowest BCUT2D eigenvalue weighted by molar-refractivity contribution is -0.137. The molecule has 1 aromatic rings. The van der Waals surface area contributed by atoms with Gasteiger partial charge in [0.2, 0.25) is 0 Å². The van der Waals surface area contributed by atoms with E-state index < -0.39 is 17.0 Å². The summed E-state index contributed by atoms with van der Waals surface area (Å²) in [5.41, 5.74) is -1.32. The van der Waals surface area contributed by atoms with Gasteiger partial charge in [-0.3, -0.25) is 4.79 Å². The fourth-order valence-corrected chi connectivity index (χ4v) is 1.79. The quantitative estimate of drug-likeness (QED) is 0.696. The van der Waals surface area contributed by atoms with E-state index in [1.807, 2.05) is 0 Å². The van der Waals surface area contributed by atoms with Gasteiger partial charge in [0.05, 0.1) is 16.1 Å². The first kappa shape index (κ1) is 12.8. The van der Waals surface area contributed by atoms with Crippen molar-refractivity contribution in [2.75, 3.05) is 0 Å². The summed E-state index contributed by atoms with van der Waals surface area (Å²) >= 11 is 13.5. The van der Waals surface area contributed by atoms with Crippen molar-refractivity contribution in [1.82, 2.24) is 0 Å². The van der Waals surface area contributed by atoms with Gasteiger partial charge in [-0.25, -0.2) is 0 Å². The van der Waals surface area contributed by atoms with E-state index in [2.05, 4.69) is 15.9 Å². The van der Waals surface area contributed by atoms with Crippen LogP contribution in [0.2, 0.25) is 5.02 Å². The Morgan fingerprint density at radius 3 is 2.27 bits per heavy atom. The Bertz CT molecular complexity index is 417. The summed E-state index contributed by atoms with van der Waals surface area (Å²) in [6.07, 6.45) is -4.56. The molecule has 0 aliphatic carbocycles. The van der Waals surface area contributed by atoms with Crippen molar-refractivity contribution in [3.8, 4) is 0 Å². The molecular formula is C8H2BrCl2F3O. The third kappa shape index (κ3) is 2.86. The van der Waals surface area contributed by atoms with Gasteiger partial charge in [-0.05, 0) is 39.7 Å². The van der Waals surface area contributed by atoms with E-state index in [4.69, 9.17) is 23.2 Å². The molecule has 1 nitrogen and oxygen atoms in total. The summed E-state index contributed by atoms with van der Waals surface area (Å²) in [6.45, 7) is 0. The highest BCUT2D eigenvalue weighted by Crippen LogP contribution is 2.36. The van der Waals surface area contributed by atoms with Crippen LogP contribution in [0, 0.1) is 0 Å². The molecule has 0 heterocycles. The molecule has 15 heavy (non-hydrogen) atoms. The van der Waals surface area contributed by atoms with E-state index in [9.17, 15) is 18.0 Å². The standard InChI is InChI=1S/C8H2BrCl2F3O/c9-6-4(7(11)15)1-3(2-5(6)10)8(12,13)14/h1-2H. The van der Waals surface area contributed by atoms with Gasteiger partial charge in [-0.1, -0.05) is 11.6 Å². The molecule has 0 amide bonds. The summed E-state index contributed by atoms with van der Waals surface area (Å²) in [5.74, 6) is 0. The number of benzene rings is 1. The number of carbonyl (C=O) groups excluding carboxylic acids is 1. The Hall–Kier alpha value is -0.260. The molecule has 0 aliphatic rings. The molecule has 1 rings (SSSR count). The van der Waals surface area contributed by atoms with Gasteiger partial charge < -0.3 is 0 Å². The van der Waals surface area contributed by atoms with Gasteiger partial charge in [0.25, 0.3) is 5.24 Å². The SMILES string of the molecule is O=C(Cl)c1cc(C(F)(F)F)cc(Cl)c1Br. The van der Waals surface area contributed by atoms with Crippen LogP contribution in [-0.4, -0.2) is 5.24 Å². The molecule has 0 fully saturated rings. The molecule has 0 saturated heterocycles. The monoisotopic (exact) mass is 320 g/mol. The number of halogens is 6. The molecule has 0 aliphatic heterocycles. The molecule has 0 radical (unpaired) electrons. The summed E-state index contributed by atoms with van der Waals surface area (Å²) < 4.78 is 37.0. The maximum atomic E-state index is 12.3. The first-order valence-electron chi connectivity index (χ1n) is 3.49. The molecule has 0 atom stereocenters. The predicted molar refractivity (Wildman–Crippen MR) is 54.3 cm³/mol. The molecule has 82 valence electrons. The Morgan fingerprint density at radius 1 is 1.33 bits per heavy atom. The molecular weight excluding hydrogens is 320 g/mol. The molecule has 0 bridgehead atoms. The molecule has 0 aromatic heterocycles. The normalized spacial score (nSPS) is 11.6. The van der Waals surface area contributed by atoms with Crippen molar-refractivity contribution in [3.05, 3.63) is 32.8 Å². The van der Waals surface area contributed by atoms with Gasteiger partial charge in [-0.2, -0.15) is 13.2 Å². The van der Waals surface area contributed by atoms with E-state index >= 15 is 0 Å². The maximum absolute atomic E-state index is 12.3. The minimum absolute atomic E-state index is 0.0529. The third-order valence-electron chi connectivity index (χ3n) is 1.57. The van der Waals surface area contributed by atoms with Crippen LogP contribution < -0.4 is 0 Å². The summed E-state index contributed by atoms with van der Waals surface area (Å²) in [6, 6.07) is 1.36. The number of rotatable bonds is 1. The highest BCUT2D eigenvalue weighted by molar-refractivity contribution is 9.10. The second kappa shape index (κ2) is 4.31. The highest BCUT2D eigenvalue weighted by Gasteiger charge is 2.32. The zero-order valence-corrected chi connectivity index (χ0v) is 9.93. The highest BCUT2D eigenvalue weighted by atomic mass is 79.9. The van der Waals surface area contributed by atoms with Crippen molar-refractivity contribution in [1.29, 1.82) is 0 Å². The van der Waals surface area contributed by atoms with Crippen LogP contribution in [-0.2, 0) is 6.18 Å². The van der Waals surface area contributed by atoms with Crippen LogP contribution in [0.25, 0.3) is 0 Å². The minimum Gasteiger partial charge on any atom is -0.276 e. The van der Waals surface area contributed by atoms with Gasteiger partial charge in [0.15, 0.2) is 0 Å². The second-order valence-corrected chi connectivity index (χ2v) is 4.13. The fourth-order valence-electron chi connectivity index (χ4n) is 0.896. The average molecular weight is 322 g/mol. The fraction of sp³-hybridized carbons (Fsp3) is 0.125. The zero-order valence-electron chi connectivity index (χ0n) is 6.83. The van der Waals surface area contributed by atoms with E-state index in [0.29, 0.717) is 6.07 Å². The Kier molecular flexibility index (Phi) is 3.68. The maximum Gasteiger partial charge on any atom is 0.416 e. The van der Waals surface area contributed by atoms with Crippen molar-refractivity contribution in [2.45, 2.75) is 6.18 Å². The van der Waals surface area contributed by atoms with Crippen LogP contribution >= 0.6 is 39.1 Å². The molecule has 0 saturated carbocycles. The van der Waals surface area contributed by atoms with Crippen LogP contribution in [0.3, 0.4) is 0 Å². The molecule has 7 heteroatoms. The lowest BCUT2D eigenvalue weighted by Gasteiger charge is -2.09. The predicted octanol–water partition coefficient (Wildman–Crippen LogP) is 4.50. The minimum atomic E-state index is -4.56. The largest absolute Gasteiger partial charge is 0.416 e. The van der Waals surface area contributed by atoms with Crippen LogP contribution in [0.4, 0.5) is 13.2 Å². The van der Waals surface area contributed by atoms with Gasteiger partial charge >= 0.3 is 6.18 Å². The first-order valence-corrected chi connectivity index (χ1v) is 5.04. The van der Waals surface area contributed by atoms with E-state index in [1.54, 1.807) is 0 Å². The Labute approximate surface area is 101 Å². The van der Waals surface area contributed by atoms with Gasteiger partial charge in [0.1, 0.15) is 0 Å². The summed E-state index contributed by atoms with van der Waals surface area (Å²) in [5, 5.41) is -1.22. The topological polar surface area (TPSA) is 17.1 Å². The molecule has 0 spiro atoms. The van der Waals surface area contributed by atoms with Crippen LogP contribution in [0.5, 0.6) is 0 Å². The van der Waals surface area contributed by atoms with E-state index in [-0.39, 0.29) is 15.1 Å². The summed E-state index contributed by atoms with van der Waals surface area (Å²) in [4.78, 5) is 10.8. The van der Waals surface area contributed by atoms with Crippen LogP contribution in [0.1, 0.15) is 15.9 Å². The van der Waals surface area contributed by atoms with Gasteiger partial charge in [-0.15, -0.1) is 0 Å². The van der Waals surface area contributed by atoms with Crippen molar-refractivity contribution in [3.63, 3.8) is 0 Å². The molecule has 1 aromatic carbocycles. The third-order valence-corrected chi connectivity index (χ3v) is 3.15. The number of alkyl halides is 3.